The van der Waals surface area contributed by atoms with Crippen LogP contribution in [0.1, 0.15) is 24.2 Å². The molecule has 3 aromatic rings. The fourth-order valence-electron chi connectivity index (χ4n) is 3.83. The average molecular weight is 402 g/mol. The molecule has 0 spiro atoms. The van der Waals surface area contributed by atoms with E-state index in [2.05, 4.69) is 38.8 Å². The zero-order valence-corrected chi connectivity index (χ0v) is 16.9. The Morgan fingerprint density at radius 2 is 1.89 bits per heavy atom. The van der Waals surface area contributed by atoms with E-state index in [0.717, 1.165) is 48.8 Å². The number of aromatic amines is 1. The van der Waals surface area contributed by atoms with Crippen LogP contribution in [0, 0.1) is 12.7 Å². The highest BCUT2D eigenvalue weighted by Gasteiger charge is 2.25. The second-order valence-corrected chi connectivity index (χ2v) is 7.03. The van der Waals surface area contributed by atoms with Gasteiger partial charge in [-0.15, -0.1) is 12.4 Å². The second kappa shape index (κ2) is 8.71. The predicted octanol–water partition coefficient (Wildman–Crippen LogP) is 4.22. The molecule has 3 heterocycles. The van der Waals surface area contributed by atoms with E-state index in [1.54, 1.807) is 12.1 Å². The van der Waals surface area contributed by atoms with Gasteiger partial charge in [0.15, 0.2) is 0 Å². The summed E-state index contributed by atoms with van der Waals surface area (Å²) in [6, 6.07) is 11.0. The van der Waals surface area contributed by atoms with Crippen LogP contribution in [0.15, 0.2) is 48.8 Å². The van der Waals surface area contributed by atoms with Gasteiger partial charge in [0.2, 0.25) is 0 Å². The predicted molar refractivity (Wildman–Crippen MR) is 112 cm³/mol. The number of rotatable bonds is 4. The summed E-state index contributed by atoms with van der Waals surface area (Å²) in [5.41, 5.74) is 4.22. The number of H-pyrrole nitrogens is 1. The maximum atomic E-state index is 13.7. The lowest BCUT2D eigenvalue weighted by Crippen LogP contribution is -2.47. The third-order valence-electron chi connectivity index (χ3n) is 5.40. The van der Waals surface area contributed by atoms with Crippen molar-refractivity contribution in [3.05, 3.63) is 65.9 Å². The first-order valence-corrected chi connectivity index (χ1v) is 9.33. The number of aromatic nitrogens is 3. The topological polar surface area (TPSA) is 48.1 Å². The van der Waals surface area contributed by atoms with Crippen molar-refractivity contribution < 1.29 is 4.39 Å². The summed E-state index contributed by atoms with van der Waals surface area (Å²) < 4.78 is 13.7. The molecule has 1 aromatic carbocycles. The second-order valence-electron chi connectivity index (χ2n) is 7.03. The SMILES string of the molecule is Cc1[nH]ncc1C(C)N1CCN(c2ncccc2-c2cccc(F)c2)CC1.Cl. The number of hydrogen-bond acceptors (Lipinski definition) is 4. The molecule has 7 heteroatoms. The smallest absolute Gasteiger partial charge is 0.136 e. The van der Waals surface area contributed by atoms with Crippen LogP contribution >= 0.6 is 12.4 Å². The standard InChI is InChI=1S/C21H24FN5.ClH/c1-15-20(14-24-25-15)16(2)26-9-11-27(12-10-26)21-19(7-4-8-23-21)17-5-3-6-18(22)13-17;/h3-8,13-14,16H,9-12H2,1-2H3,(H,24,25);1H. The normalized spacial score (nSPS) is 15.9. The van der Waals surface area contributed by atoms with Crippen LogP contribution in [0.2, 0.25) is 0 Å². The summed E-state index contributed by atoms with van der Waals surface area (Å²) in [7, 11) is 0. The monoisotopic (exact) mass is 401 g/mol. The number of nitrogens with one attached hydrogen (secondary N) is 1. The van der Waals surface area contributed by atoms with E-state index in [4.69, 9.17) is 0 Å². The van der Waals surface area contributed by atoms with Crippen molar-refractivity contribution in [2.24, 2.45) is 0 Å². The van der Waals surface area contributed by atoms with Crippen LogP contribution in [-0.2, 0) is 0 Å². The molecule has 0 saturated carbocycles. The lowest BCUT2D eigenvalue weighted by molar-refractivity contribution is 0.198. The third kappa shape index (κ3) is 4.03. The first-order chi connectivity index (χ1) is 13.1. The molecule has 1 N–H and O–H groups in total. The first-order valence-electron chi connectivity index (χ1n) is 9.33. The highest BCUT2D eigenvalue weighted by molar-refractivity contribution is 5.85. The molecule has 0 bridgehead atoms. The van der Waals surface area contributed by atoms with Crippen LogP contribution in [0.5, 0.6) is 0 Å². The summed E-state index contributed by atoms with van der Waals surface area (Å²) in [6.07, 6.45) is 3.73. The van der Waals surface area contributed by atoms with Crippen LogP contribution in [-0.4, -0.2) is 46.3 Å². The highest BCUT2D eigenvalue weighted by atomic mass is 35.5. The molecule has 5 nitrogen and oxygen atoms in total. The molecule has 1 unspecified atom stereocenters. The van der Waals surface area contributed by atoms with Gasteiger partial charge in [-0.2, -0.15) is 5.10 Å². The molecule has 0 radical (unpaired) electrons. The molecule has 2 aromatic heterocycles. The van der Waals surface area contributed by atoms with E-state index in [1.165, 1.54) is 11.6 Å². The molecule has 1 saturated heterocycles. The van der Waals surface area contributed by atoms with Gasteiger partial charge in [0, 0.05) is 55.2 Å². The molecule has 148 valence electrons. The minimum absolute atomic E-state index is 0. The van der Waals surface area contributed by atoms with Crippen molar-refractivity contribution in [3.63, 3.8) is 0 Å². The largest absolute Gasteiger partial charge is 0.354 e. The average Bonchev–Trinajstić information content (AvgIpc) is 3.13. The molecule has 1 aliphatic rings. The Kier molecular flexibility index (Phi) is 6.31. The van der Waals surface area contributed by atoms with Crippen molar-refractivity contribution in [1.29, 1.82) is 0 Å². The van der Waals surface area contributed by atoms with Gasteiger partial charge < -0.3 is 4.90 Å². The van der Waals surface area contributed by atoms with E-state index >= 15 is 0 Å². The van der Waals surface area contributed by atoms with Crippen molar-refractivity contribution >= 4 is 18.2 Å². The zero-order chi connectivity index (χ0) is 18.8. The van der Waals surface area contributed by atoms with Gasteiger partial charge in [-0.3, -0.25) is 10.00 Å². The Bertz CT molecular complexity index is 920. The first kappa shape index (κ1) is 20.3. The molecule has 0 amide bonds. The number of hydrogen-bond donors (Lipinski definition) is 1. The van der Waals surface area contributed by atoms with Crippen molar-refractivity contribution in [3.8, 4) is 11.1 Å². The Morgan fingerprint density at radius 3 is 2.57 bits per heavy atom. The summed E-state index contributed by atoms with van der Waals surface area (Å²) >= 11 is 0. The minimum Gasteiger partial charge on any atom is -0.354 e. The number of anilines is 1. The van der Waals surface area contributed by atoms with Crippen LogP contribution in [0.25, 0.3) is 11.1 Å². The van der Waals surface area contributed by atoms with Crippen LogP contribution in [0.4, 0.5) is 10.2 Å². The van der Waals surface area contributed by atoms with Crippen molar-refractivity contribution in [2.75, 3.05) is 31.1 Å². The van der Waals surface area contributed by atoms with Gasteiger partial charge >= 0.3 is 0 Å². The minimum atomic E-state index is -0.226. The summed E-state index contributed by atoms with van der Waals surface area (Å²) in [4.78, 5) is 9.38. The van der Waals surface area contributed by atoms with E-state index in [-0.39, 0.29) is 18.2 Å². The van der Waals surface area contributed by atoms with Gasteiger partial charge in [0.25, 0.3) is 0 Å². The third-order valence-corrected chi connectivity index (χ3v) is 5.40. The van der Waals surface area contributed by atoms with E-state index < -0.39 is 0 Å². The molecule has 0 aliphatic carbocycles. The zero-order valence-electron chi connectivity index (χ0n) is 16.1. The van der Waals surface area contributed by atoms with Gasteiger partial charge in [-0.25, -0.2) is 9.37 Å². The maximum Gasteiger partial charge on any atom is 0.136 e. The highest BCUT2D eigenvalue weighted by Crippen LogP contribution is 2.31. The lowest BCUT2D eigenvalue weighted by Gasteiger charge is -2.39. The fourth-order valence-corrected chi connectivity index (χ4v) is 3.83. The number of piperazine rings is 1. The van der Waals surface area contributed by atoms with Gasteiger partial charge in [-0.1, -0.05) is 12.1 Å². The quantitative estimate of drug-likeness (QED) is 0.710. The number of benzene rings is 1. The lowest BCUT2D eigenvalue weighted by atomic mass is 10.0. The van der Waals surface area contributed by atoms with E-state index in [1.807, 2.05) is 30.6 Å². The number of pyridine rings is 1. The molecule has 4 rings (SSSR count). The van der Waals surface area contributed by atoms with Crippen LogP contribution in [0.3, 0.4) is 0 Å². The fraction of sp³-hybridized carbons (Fsp3) is 0.333. The molecule has 1 atom stereocenters. The number of nitrogens with zero attached hydrogens (tertiary/aromatic N) is 4. The Balaban J connectivity index is 0.00000225. The molecule has 28 heavy (non-hydrogen) atoms. The Labute approximate surface area is 171 Å². The number of halogens is 2. The summed E-state index contributed by atoms with van der Waals surface area (Å²) in [5, 5.41) is 7.18. The van der Waals surface area contributed by atoms with E-state index in [9.17, 15) is 4.39 Å². The van der Waals surface area contributed by atoms with Gasteiger partial charge in [-0.05, 0) is 43.7 Å². The molecule has 1 aliphatic heterocycles. The van der Waals surface area contributed by atoms with E-state index in [0.29, 0.717) is 6.04 Å². The Morgan fingerprint density at radius 1 is 1.11 bits per heavy atom. The molecular weight excluding hydrogens is 377 g/mol. The summed E-state index contributed by atoms with van der Waals surface area (Å²) in [6.45, 7) is 7.97. The molecule has 1 fully saturated rings. The maximum absolute atomic E-state index is 13.7. The summed E-state index contributed by atoms with van der Waals surface area (Å²) in [5.74, 6) is 0.700. The molecular formula is C21H25ClFN5. The number of aryl methyl sites for hydroxylation is 1. The van der Waals surface area contributed by atoms with Crippen LogP contribution < -0.4 is 4.90 Å². The van der Waals surface area contributed by atoms with Crippen molar-refractivity contribution in [1.82, 2.24) is 20.1 Å². The van der Waals surface area contributed by atoms with Crippen molar-refractivity contribution in [2.45, 2.75) is 19.9 Å². The van der Waals surface area contributed by atoms with Gasteiger partial charge in [0.05, 0.1) is 6.20 Å². The Hall–Kier alpha value is -2.44. The van der Waals surface area contributed by atoms with Gasteiger partial charge in [0.1, 0.15) is 11.6 Å².